The van der Waals surface area contributed by atoms with Crippen LogP contribution in [0.2, 0.25) is 0 Å². The van der Waals surface area contributed by atoms with Gasteiger partial charge in [-0.2, -0.15) is 0 Å². The third-order valence-corrected chi connectivity index (χ3v) is 2.06. The molecule has 0 aliphatic carbocycles. The summed E-state index contributed by atoms with van der Waals surface area (Å²) in [7, 11) is 0. The van der Waals surface area contributed by atoms with Crippen molar-refractivity contribution in [2.45, 2.75) is 25.7 Å². The molecule has 0 aromatic heterocycles. The van der Waals surface area contributed by atoms with Crippen molar-refractivity contribution in [2.75, 3.05) is 0 Å². The fourth-order valence-corrected chi connectivity index (χ4v) is 1.44. The van der Waals surface area contributed by atoms with Crippen molar-refractivity contribution in [2.24, 2.45) is 0 Å². The van der Waals surface area contributed by atoms with Gasteiger partial charge in [0.05, 0.1) is 0 Å². The summed E-state index contributed by atoms with van der Waals surface area (Å²) in [4.78, 5) is 0. The summed E-state index contributed by atoms with van der Waals surface area (Å²) in [6, 6.07) is 0. The fourth-order valence-electron chi connectivity index (χ4n) is 1.44. The highest BCUT2D eigenvalue weighted by molar-refractivity contribution is 5.22. The van der Waals surface area contributed by atoms with Gasteiger partial charge >= 0.3 is 0 Å². The summed E-state index contributed by atoms with van der Waals surface area (Å²) in [5.41, 5.74) is 2.80. The van der Waals surface area contributed by atoms with E-state index in [1.807, 2.05) is 24.3 Å². The second kappa shape index (κ2) is 8.31. The lowest BCUT2D eigenvalue weighted by atomic mass is 9.97. The highest BCUT2D eigenvalue weighted by Crippen LogP contribution is 2.20. The van der Waals surface area contributed by atoms with E-state index in [0.717, 1.165) is 25.7 Å². The zero-order valence-corrected chi connectivity index (χ0v) is 8.97. The Morgan fingerprint density at radius 2 is 0.786 bits per heavy atom. The maximum Gasteiger partial charge on any atom is -0.0135 e. The molecule has 14 heavy (non-hydrogen) atoms. The lowest BCUT2D eigenvalue weighted by Gasteiger charge is -2.09. The third-order valence-electron chi connectivity index (χ3n) is 2.06. The zero-order chi connectivity index (χ0) is 10.8. The lowest BCUT2D eigenvalue weighted by molar-refractivity contribution is 0.981. The monoisotopic (exact) mass is 188 g/mol. The first kappa shape index (κ1) is 12.7. The molecule has 0 bridgehead atoms. The Bertz CT molecular complexity index is 191. The number of rotatable bonds is 8. The molecule has 0 aliphatic rings. The van der Waals surface area contributed by atoms with Gasteiger partial charge in [0.15, 0.2) is 0 Å². The van der Waals surface area contributed by atoms with E-state index in [4.69, 9.17) is 0 Å². The molecule has 0 nitrogen and oxygen atoms in total. The van der Waals surface area contributed by atoms with Crippen LogP contribution < -0.4 is 0 Å². The van der Waals surface area contributed by atoms with E-state index >= 15 is 0 Å². The Morgan fingerprint density at radius 3 is 0.929 bits per heavy atom. The van der Waals surface area contributed by atoms with Crippen LogP contribution in [0.25, 0.3) is 0 Å². The van der Waals surface area contributed by atoms with E-state index in [0.29, 0.717) is 0 Å². The molecule has 0 aliphatic heterocycles. The normalized spacial score (nSPS) is 8.86. The maximum atomic E-state index is 3.77. The fraction of sp³-hybridized carbons (Fsp3) is 0.286. The molecule has 0 N–H and O–H groups in total. The highest BCUT2D eigenvalue weighted by Gasteiger charge is 2.01. The van der Waals surface area contributed by atoms with Crippen molar-refractivity contribution in [3.8, 4) is 0 Å². The Balaban J connectivity index is 4.77. The first-order valence-electron chi connectivity index (χ1n) is 4.93. The molecule has 0 amide bonds. The number of allylic oxidation sites excluding steroid dienone is 6. The molecular formula is C14H20. The zero-order valence-electron chi connectivity index (χ0n) is 8.97. The van der Waals surface area contributed by atoms with Gasteiger partial charge in [-0.15, -0.1) is 26.3 Å². The molecular weight excluding hydrogens is 168 g/mol. The van der Waals surface area contributed by atoms with Crippen LogP contribution in [-0.2, 0) is 0 Å². The van der Waals surface area contributed by atoms with Gasteiger partial charge in [0.25, 0.3) is 0 Å². The highest BCUT2D eigenvalue weighted by atomic mass is 14.1. The van der Waals surface area contributed by atoms with E-state index in [2.05, 4.69) is 26.3 Å². The summed E-state index contributed by atoms with van der Waals surface area (Å²) in [6.45, 7) is 15.1. The first-order valence-corrected chi connectivity index (χ1v) is 4.93. The van der Waals surface area contributed by atoms with E-state index in [1.54, 1.807) is 0 Å². The molecule has 76 valence electrons. The molecule has 0 saturated heterocycles. The van der Waals surface area contributed by atoms with Gasteiger partial charge in [-0.3, -0.25) is 0 Å². The molecule has 0 spiro atoms. The second-order valence-electron chi connectivity index (χ2n) is 3.18. The third kappa shape index (κ3) is 4.66. The van der Waals surface area contributed by atoms with Crippen molar-refractivity contribution < 1.29 is 0 Å². The summed E-state index contributed by atoms with van der Waals surface area (Å²) in [6.07, 6.45) is 11.5. The SMILES string of the molecule is C=CCC(CC=C)=C(CC=C)CC=C. The molecule has 0 fully saturated rings. The summed E-state index contributed by atoms with van der Waals surface area (Å²) < 4.78 is 0. The average molecular weight is 188 g/mol. The quantitative estimate of drug-likeness (QED) is 0.489. The van der Waals surface area contributed by atoms with Crippen LogP contribution in [0.5, 0.6) is 0 Å². The van der Waals surface area contributed by atoms with Crippen LogP contribution in [-0.4, -0.2) is 0 Å². The molecule has 0 atom stereocenters. The Morgan fingerprint density at radius 1 is 0.571 bits per heavy atom. The van der Waals surface area contributed by atoms with Gasteiger partial charge in [0.1, 0.15) is 0 Å². The van der Waals surface area contributed by atoms with Crippen molar-refractivity contribution in [3.05, 3.63) is 61.8 Å². The number of hydrogen-bond acceptors (Lipinski definition) is 0. The van der Waals surface area contributed by atoms with E-state index in [9.17, 15) is 0 Å². The molecule has 0 saturated carbocycles. The Labute approximate surface area is 88.0 Å². The van der Waals surface area contributed by atoms with E-state index in [1.165, 1.54) is 11.1 Å². The number of hydrogen-bond donors (Lipinski definition) is 0. The topological polar surface area (TPSA) is 0 Å². The predicted octanol–water partition coefficient (Wildman–Crippen LogP) is 4.59. The lowest BCUT2D eigenvalue weighted by Crippen LogP contribution is -1.90. The van der Waals surface area contributed by atoms with Gasteiger partial charge in [0, 0.05) is 0 Å². The van der Waals surface area contributed by atoms with Crippen LogP contribution in [0.4, 0.5) is 0 Å². The summed E-state index contributed by atoms with van der Waals surface area (Å²) in [5, 5.41) is 0. The van der Waals surface area contributed by atoms with Crippen molar-refractivity contribution in [1.82, 2.24) is 0 Å². The average Bonchev–Trinajstić information content (AvgIpc) is 2.17. The predicted molar refractivity (Wildman–Crippen MR) is 66.3 cm³/mol. The van der Waals surface area contributed by atoms with Crippen molar-refractivity contribution in [1.29, 1.82) is 0 Å². The van der Waals surface area contributed by atoms with Gasteiger partial charge in [-0.1, -0.05) is 35.5 Å². The van der Waals surface area contributed by atoms with E-state index in [-0.39, 0.29) is 0 Å². The van der Waals surface area contributed by atoms with Crippen LogP contribution in [0.1, 0.15) is 25.7 Å². The maximum absolute atomic E-state index is 3.77. The first-order chi connectivity index (χ1) is 6.79. The van der Waals surface area contributed by atoms with Crippen LogP contribution >= 0.6 is 0 Å². The molecule has 0 radical (unpaired) electrons. The van der Waals surface area contributed by atoms with E-state index < -0.39 is 0 Å². The minimum absolute atomic E-state index is 0.934. The van der Waals surface area contributed by atoms with Crippen LogP contribution in [0.15, 0.2) is 61.8 Å². The Hall–Kier alpha value is -1.30. The summed E-state index contributed by atoms with van der Waals surface area (Å²) >= 11 is 0. The molecule has 0 heteroatoms. The minimum atomic E-state index is 0.934. The van der Waals surface area contributed by atoms with Gasteiger partial charge < -0.3 is 0 Å². The largest absolute Gasteiger partial charge is 0.103 e. The minimum Gasteiger partial charge on any atom is -0.103 e. The standard InChI is InChI=1S/C14H20/c1-5-9-13(10-6-2)14(11-7-3)12-8-4/h5-8H,1-4,9-12H2. The van der Waals surface area contributed by atoms with Gasteiger partial charge in [-0.05, 0) is 25.7 Å². The van der Waals surface area contributed by atoms with Crippen LogP contribution in [0.3, 0.4) is 0 Å². The molecule has 0 aromatic carbocycles. The smallest absolute Gasteiger partial charge is 0.0135 e. The van der Waals surface area contributed by atoms with Gasteiger partial charge in [-0.25, -0.2) is 0 Å². The molecule has 0 rings (SSSR count). The van der Waals surface area contributed by atoms with Crippen molar-refractivity contribution in [3.63, 3.8) is 0 Å². The van der Waals surface area contributed by atoms with Crippen LogP contribution in [0, 0.1) is 0 Å². The molecule has 0 unspecified atom stereocenters. The summed E-state index contributed by atoms with van der Waals surface area (Å²) in [5.74, 6) is 0. The Kier molecular flexibility index (Phi) is 7.53. The second-order valence-corrected chi connectivity index (χ2v) is 3.18. The molecule has 0 heterocycles. The van der Waals surface area contributed by atoms with Crippen molar-refractivity contribution >= 4 is 0 Å². The molecule has 0 aromatic rings. The van der Waals surface area contributed by atoms with Gasteiger partial charge in [0.2, 0.25) is 0 Å².